The number of carbonyl (C=O) groups excluding carboxylic acids is 2. The second kappa shape index (κ2) is 12.6. The van der Waals surface area contributed by atoms with Gasteiger partial charge in [-0.1, -0.05) is 18.2 Å². The number of aliphatic carboxylic acids is 1. The van der Waals surface area contributed by atoms with Crippen LogP contribution in [0, 0.1) is 5.92 Å². The van der Waals surface area contributed by atoms with Crippen LogP contribution in [0.4, 0.5) is 0 Å². The number of carbonyl (C=O) groups is 3. The number of carboxylic acid groups (broad SMARTS) is 1. The minimum atomic E-state index is -0.739. The van der Waals surface area contributed by atoms with Crippen LogP contribution in [0.2, 0.25) is 0 Å². The van der Waals surface area contributed by atoms with E-state index in [4.69, 9.17) is 14.6 Å². The maximum atomic E-state index is 12.4. The molecule has 0 bridgehead atoms. The van der Waals surface area contributed by atoms with Crippen molar-refractivity contribution in [2.45, 2.75) is 31.8 Å². The van der Waals surface area contributed by atoms with Crippen molar-refractivity contribution >= 4 is 17.8 Å². The molecule has 2 amide bonds. The van der Waals surface area contributed by atoms with E-state index in [0.29, 0.717) is 48.3 Å². The fraction of sp³-hybridized carbons (Fsp3) is 0.276. The van der Waals surface area contributed by atoms with Crippen LogP contribution in [0.3, 0.4) is 0 Å². The molecule has 0 aromatic heterocycles. The highest BCUT2D eigenvalue weighted by Crippen LogP contribution is 2.28. The molecule has 1 aliphatic carbocycles. The van der Waals surface area contributed by atoms with Crippen molar-refractivity contribution in [1.82, 2.24) is 10.6 Å². The van der Waals surface area contributed by atoms with Crippen molar-refractivity contribution in [3.63, 3.8) is 0 Å². The maximum Gasteiger partial charge on any atom is 0.306 e. The summed E-state index contributed by atoms with van der Waals surface area (Å²) in [5.74, 6) is 0.509. The molecule has 0 radical (unpaired) electrons. The first-order valence-corrected chi connectivity index (χ1v) is 12.4. The van der Waals surface area contributed by atoms with Crippen LogP contribution in [0.25, 0.3) is 0 Å². The van der Waals surface area contributed by atoms with Gasteiger partial charge in [0, 0.05) is 24.2 Å². The predicted molar refractivity (Wildman–Crippen MR) is 138 cm³/mol. The zero-order chi connectivity index (χ0) is 26.0. The molecule has 0 unspecified atom stereocenters. The number of ether oxygens (including phenoxy) is 2. The monoisotopic (exact) mass is 502 g/mol. The first-order chi connectivity index (χ1) is 18.0. The average Bonchev–Trinajstić information content (AvgIpc) is 2.92. The van der Waals surface area contributed by atoms with E-state index in [-0.39, 0.29) is 36.9 Å². The molecule has 3 aromatic carbocycles. The molecule has 3 N–H and O–H groups in total. The maximum absolute atomic E-state index is 12.4. The molecule has 192 valence electrons. The first-order valence-electron chi connectivity index (χ1n) is 12.4. The standard InChI is InChI=1S/C29H30N2O6/c32-27(20-6-12-24(13-7-20)36-23-4-2-1-3-5-23)30-18-19-31-28(33)21-8-14-25(15-9-21)37-26-16-10-22(11-17-26)29(34)35/h1-9,12-15,22,26H,10-11,16-19H2,(H,30,32)(H,31,33)(H,34,35)/t22-,26+. The van der Waals surface area contributed by atoms with E-state index >= 15 is 0 Å². The molecule has 8 nitrogen and oxygen atoms in total. The van der Waals surface area contributed by atoms with Crippen LogP contribution in [-0.2, 0) is 4.79 Å². The topological polar surface area (TPSA) is 114 Å². The number of amides is 2. The molecule has 0 atom stereocenters. The lowest BCUT2D eigenvalue weighted by Gasteiger charge is -2.26. The van der Waals surface area contributed by atoms with Crippen molar-refractivity contribution in [1.29, 1.82) is 0 Å². The lowest BCUT2D eigenvalue weighted by Crippen LogP contribution is -2.34. The van der Waals surface area contributed by atoms with Crippen LogP contribution < -0.4 is 20.1 Å². The van der Waals surface area contributed by atoms with Gasteiger partial charge in [-0.15, -0.1) is 0 Å². The molecular weight excluding hydrogens is 472 g/mol. The van der Waals surface area contributed by atoms with Crippen LogP contribution in [0.15, 0.2) is 78.9 Å². The summed E-state index contributed by atoms with van der Waals surface area (Å²) in [7, 11) is 0. The molecule has 4 rings (SSSR count). The van der Waals surface area contributed by atoms with E-state index in [1.807, 2.05) is 30.3 Å². The fourth-order valence-corrected chi connectivity index (χ4v) is 4.16. The lowest BCUT2D eigenvalue weighted by molar-refractivity contribution is -0.143. The van der Waals surface area contributed by atoms with Gasteiger partial charge in [0.2, 0.25) is 0 Å². The van der Waals surface area contributed by atoms with Gasteiger partial charge in [0.05, 0.1) is 12.0 Å². The van der Waals surface area contributed by atoms with Gasteiger partial charge in [-0.3, -0.25) is 14.4 Å². The Morgan fingerprint density at radius 1 is 0.676 bits per heavy atom. The third-order valence-corrected chi connectivity index (χ3v) is 6.23. The largest absolute Gasteiger partial charge is 0.490 e. The molecular formula is C29H30N2O6. The predicted octanol–water partition coefficient (Wildman–Crippen LogP) is 4.66. The zero-order valence-corrected chi connectivity index (χ0v) is 20.4. The number of para-hydroxylation sites is 1. The average molecular weight is 503 g/mol. The Labute approximate surface area is 215 Å². The first kappa shape index (κ1) is 25.8. The number of carboxylic acids is 1. The molecule has 1 saturated carbocycles. The van der Waals surface area contributed by atoms with E-state index in [1.165, 1.54) is 0 Å². The van der Waals surface area contributed by atoms with Crippen molar-refractivity contribution in [3.8, 4) is 17.2 Å². The van der Waals surface area contributed by atoms with E-state index in [1.54, 1.807) is 48.5 Å². The second-order valence-corrected chi connectivity index (χ2v) is 8.91. The van der Waals surface area contributed by atoms with Gasteiger partial charge in [0.15, 0.2) is 0 Å². The molecule has 0 saturated heterocycles. The summed E-state index contributed by atoms with van der Waals surface area (Å²) >= 11 is 0. The Hall–Kier alpha value is -4.33. The molecule has 8 heteroatoms. The number of hydrogen-bond acceptors (Lipinski definition) is 5. The number of benzene rings is 3. The third kappa shape index (κ3) is 7.57. The number of nitrogens with one attached hydrogen (secondary N) is 2. The SMILES string of the molecule is O=C(NCCNC(=O)c1ccc(O[C@H]2CC[C@@H](C(=O)O)CC2)cc1)c1ccc(Oc2ccccc2)cc1. The summed E-state index contributed by atoms with van der Waals surface area (Å²) in [5.41, 5.74) is 0.987. The van der Waals surface area contributed by atoms with E-state index < -0.39 is 5.97 Å². The molecule has 37 heavy (non-hydrogen) atoms. The van der Waals surface area contributed by atoms with Crippen LogP contribution in [0.1, 0.15) is 46.4 Å². The Balaban J connectivity index is 1.16. The highest BCUT2D eigenvalue weighted by Gasteiger charge is 2.26. The van der Waals surface area contributed by atoms with Gasteiger partial charge < -0.3 is 25.2 Å². The summed E-state index contributed by atoms with van der Waals surface area (Å²) < 4.78 is 11.7. The lowest BCUT2D eigenvalue weighted by atomic mass is 9.87. The zero-order valence-electron chi connectivity index (χ0n) is 20.4. The van der Waals surface area contributed by atoms with Gasteiger partial charge in [-0.2, -0.15) is 0 Å². The van der Waals surface area contributed by atoms with Crippen LogP contribution in [-0.4, -0.2) is 42.1 Å². The van der Waals surface area contributed by atoms with Gasteiger partial charge in [-0.25, -0.2) is 0 Å². The van der Waals surface area contributed by atoms with Gasteiger partial charge in [0.25, 0.3) is 11.8 Å². The normalized spacial score (nSPS) is 16.9. The van der Waals surface area contributed by atoms with Crippen molar-refractivity contribution in [2.75, 3.05) is 13.1 Å². The summed E-state index contributed by atoms with van der Waals surface area (Å²) in [6.45, 7) is 0.567. The second-order valence-electron chi connectivity index (χ2n) is 8.91. The van der Waals surface area contributed by atoms with Crippen molar-refractivity contribution in [2.24, 2.45) is 5.92 Å². The van der Waals surface area contributed by atoms with Gasteiger partial charge in [-0.05, 0) is 86.3 Å². The summed E-state index contributed by atoms with van der Waals surface area (Å²) in [5, 5.41) is 14.7. The molecule has 0 heterocycles. The Morgan fingerprint density at radius 2 is 1.16 bits per heavy atom. The Kier molecular flexibility index (Phi) is 8.75. The molecule has 1 aliphatic rings. The van der Waals surface area contributed by atoms with Crippen molar-refractivity contribution in [3.05, 3.63) is 90.0 Å². The third-order valence-electron chi connectivity index (χ3n) is 6.23. The molecule has 3 aromatic rings. The molecule has 0 spiro atoms. The fourth-order valence-electron chi connectivity index (χ4n) is 4.16. The summed E-state index contributed by atoms with van der Waals surface area (Å²) in [4.78, 5) is 35.9. The Bertz CT molecular complexity index is 1190. The molecule has 1 fully saturated rings. The Morgan fingerprint density at radius 3 is 1.68 bits per heavy atom. The van der Waals surface area contributed by atoms with E-state index in [9.17, 15) is 14.4 Å². The number of rotatable bonds is 10. The molecule has 0 aliphatic heterocycles. The quantitative estimate of drug-likeness (QED) is 0.348. The minimum Gasteiger partial charge on any atom is -0.490 e. The van der Waals surface area contributed by atoms with Gasteiger partial charge in [0.1, 0.15) is 17.2 Å². The number of hydrogen-bond donors (Lipinski definition) is 3. The van der Waals surface area contributed by atoms with Crippen molar-refractivity contribution < 1.29 is 29.0 Å². The van der Waals surface area contributed by atoms with Crippen LogP contribution in [0.5, 0.6) is 17.2 Å². The summed E-state index contributed by atoms with van der Waals surface area (Å²) in [6, 6.07) is 23.1. The van der Waals surface area contributed by atoms with E-state index in [0.717, 1.165) is 5.75 Å². The van der Waals surface area contributed by atoms with E-state index in [2.05, 4.69) is 10.6 Å². The van der Waals surface area contributed by atoms with Gasteiger partial charge >= 0.3 is 5.97 Å². The summed E-state index contributed by atoms with van der Waals surface area (Å²) in [6.07, 6.45) is 2.63. The smallest absolute Gasteiger partial charge is 0.306 e. The minimum absolute atomic E-state index is 0.00789. The van der Waals surface area contributed by atoms with Crippen LogP contribution >= 0.6 is 0 Å². The highest BCUT2D eigenvalue weighted by atomic mass is 16.5. The highest BCUT2D eigenvalue weighted by molar-refractivity contribution is 5.95.